The average molecular weight is 423 g/mol. The Labute approximate surface area is 178 Å². The summed E-state index contributed by atoms with van der Waals surface area (Å²) in [5.74, 6) is -0.364. The molecule has 30 heavy (non-hydrogen) atoms. The van der Waals surface area contributed by atoms with Gasteiger partial charge in [0, 0.05) is 6.54 Å². The van der Waals surface area contributed by atoms with Crippen molar-refractivity contribution in [3.63, 3.8) is 0 Å². The molecule has 0 saturated heterocycles. The molecule has 6 heteroatoms. The van der Waals surface area contributed by atoms with Crippen LogP contribution in [0.5, 0.6) is 0 Å². The van der Waals surface area contributed by atoms with Crippen LogP contribution in [0.4, 0.5) is 5.69 Å². The monoisotopic (exact) mass is 422 g/mol. The lowest BCUT2D eigenvalue weighted by molar-refractivity contribution is -0.119. The summed E-state index contributed by atoms with van der Waals surface area (Å²) in [6.45, 7) is 4.06. The van der Waals surface area contributed by atoms with Gasteiger partial charge in [0.05, 0.1) is 10.6 Å². The normalized spacial score (nSPS) is 11.1. The Morgan fingerprint density at radius 2 is 1.53 bits per heavy atom. The van der Waals surface area contributed by atoms with Crippen molar-refractivity contribution in [1.82, 2.24) is 5.32 Å². The molecule has 0 aromatic heterocycles. The van der Waals surface area contributed by atoms with Gasteiger partial charge in [0.25, 0.3) is 10.0 Å². The minimum atomic E-state index is -3.89. The number of anilines is 1. The van der Waals surface area contributed by atoms with Crippen molar-refractivity contribution in [2.75, 3.05) is 10.8 Å². The number of amides is 1. The Morgan fingerprint density at radius 1 is 0.900 bits per heavy atom. The molecule has 1 amide bonds. The van der Waals surface area contributed by atoms with E-state index < -0.39 is 10.0 Å². The SMILES string of the molecule is CCc1ccc(N(CC(=O)NCc2ccccc2C)S(=O)(=O)c2ccccc2)cc1. The van der Waals surface area contributed by atoms with E-state index in [0.717, 1.165) is 27.4 Å². The molecular formula is C24H26N2O3S. The lowest BCUT2D eigenvalue weighted by atomic mass is 10.1. The second-order valence-corrected chi connectivity index (χ2v) is 8.91. The van der Waals surface area contributed by atoms with Crippen molar-refractivity contribution in [3.05, 3.63) is 95.6 Å². The largest absolute Gasteiger partial charge is 0.350 e. The van der Waals surface area contributed by atoms with Crippen LogP contribution in [-0.2, 0) is 27.8 Å². The van der Waals surface area contributed by atoms with E-state index >= 15 is 0 Å². The number of carbonyl (C=O) groups is 1. The first-order valence-electron chi connectivity index (χ1n) is 9.89. The Bertz CT molecular complexity index is 1090. The third-order valence-corrected chi connectivity index (χ3v) is 6.78. The molecule has 1 N–H and O–H groups in total. The van der Waals surface area contributed by atoms with E-state index in [2.05, 4.69) is 5.32 Å². The number of rotatable bonds is 8. The van der Waals surface area contributed by atoms with Gasteiger partial charge in [-0.3, -0.25) is 9.10 Å². The predicted molar refractivity (Wildman–Crippen MR) is 120 cm³/mol. The number of benzene rings is 3. The second-order valence-electron chi connectivity index (χ2n) is 7.05. The summed E-state index contributed by atoms with van der Waals surface area (Å²) >= 11 is 0. The molecule has 3 aromatic rings. The Kier molecular flexibility index (Phi) is 6.90. The maximum absolute atomic E-state index is 13.3. The van der Waals surface area contributed by atoms with Gasteiger partial charge in [-0.2, -0.15) is 0 Å². The zero-order valence-electron chi connectivity index (χ0n) is 17.2. The number of nitrogens with zero attached hydrogens (tertiary/aromatic N) is 1. The molecule has 0 heterocycles. The molecule has 5 nitrogen and oxygen atoms in total. The molecule has 3 rings (SSSR count). The van der Waals surface area contributed by atoms with E-state index in [4.69, 9.17) is 0 Å². The molecule has 0 aliphatic carbocycles. The molecule has 0 saturated carbocycles. The minimum Gasteiger partial charge on any atom is -0.350 e. The Balaban J connectivity index is 1.85. The Morgan fingerprint density at radius 3 is 2.17 bits per heavy atom. The average Bonchev–Trinajstić information content (AvgIpc) is 2.77. The van der Waals surface area contributed by atoms with E-state index in [1.165, 1.54) is 12.1 Å². The van der Waals surface area contributed by atoms with Crippen molar-refractivity contribution < 1.29 is 13.2 Å². The van der Waals surface area contributed by atoms with Crippen molar-refractivity contribution in [2.24, 2.45) is 0 Å². The molecule has 0 spiro atoms. The van der Waals surface area contributed by atoms with Crippen LogP contribution in [0.3, 0.4) is 0 Å². The van der Waals surface area contributed by atoms with Gasteiger partial charge in [0.2, 0.25) is 5.91 Å². The highest BCUT2D eigenvalue weighted by Gasteiger charge is 2.27. The molecule has 156 valence electrons. The van der Waals surface area contributed by atoms with Gasteiger partial charge in [0.15, 0.2) is 0 Å². The van der Waals surface area contributed by atoms with Crippen LogP contribution in [0.2, 0.25) is 0 Å². The van der Waals surface area contributed by atoms with Gasteiger partial charge < -0.3 is 5.32 Å². The molecule has 0 atom stereocenters. The molecule has 0 unspecified atom stereocenters. The van der Waals surface area contributed by atoms with Gasteiger partial charge in [-0.05, 0) is 54.3 Å². The predicted octanol–water partition coefficient (Wildman–Crippen LogP) is 4.07. The topological polar surface area (TPSA) is 66.5 Å². The van der Waals surface area contributed by atoms with Crippen molar-refractivity contribution in [1.29, 1.82) is 0 Å². The number of aryl methyl sites for hydroxylation is 2. The van der Waals surface area contributed by atoms with Crippen LogP contribution >= 0.6 is 0 Å². The highest BCUT2D eigenvalue weighted by molar-refractivity contribution is 7.92. The molecule has 0 fully saturated rings. The number of hydrogen-bond donors (Lipinski definition) is 1. The van der Waals surface area contributed by atoms with Crippen LogP contribution in [0.1, 0.15) is 23.6 Å². The third kappa shape index (κ3) is 5.07. The van der Waals surface area contributed by atoms with Gasteiger partial charge in [-0.25, -0.2) is 8.42 Å². The van der Waals surface area contributed by atoms with Crippen molar-refractivity contribution >= 4 is 21.6 Å². The van der Waals surface area contributed by atoms with Crippen LogP contribution in [0, 0.1) is 6.92 Å². The summed E-state index contributed by atoms with van der Waals surface area (Å²) in [6.07, 6.45) is 0.850. The van der Waals surface area contributed by atoms with Crippen molar-refractivity contribution in [2.45, 2.75) is 31.7 Å². The van der Waals surface area contributed by atoms with Gasteiger partial charge in [0.1, 0.15) is 6.54 Å². The van der Waals surface area contributed by atoms with Gasteiger partial charge in [-0.15, -0.1) is 0 Å². The molecule has 0 radical (unpaired) electrons. The summed E-state index contributed by atoms with van der Waals surface area (Å²) < 4.78 is 27.8. The fourth-order valence-corrected chi connectivity index (χ4v) is 4.56. The fourth-order valence-electron chi connectivity index (χ4n) is 3.12. The molecular weight excluding hydrogens is 396 g/mol. The van der Waals surface area contributed by atoms with E-state index in [9.17, 15) is 13.2 Å². The summed E-state index contributed by atoms with van der Waals surface area (Å²) in [5.41, 5.74) is 3.62. The maximum Gasteiger partial charge on any atom is 0.264 e. The second kappa shape index (κ2) is 9.59. The van der Waals surface area contributed by atoms with Crippen LogP contribution < -0.4 is 9.62 Å². The quantitative estimate of drug-likeness (QED) is 0.595. The van der Waals surface area contributed by atoms with Crippen LogP contribution in [0.25, 0.3) is 0 Å². The maximum atomic E-state index is 13.3. The van der Waals surface area contributed by atoms with Crippen LogP contribution in [-0.4, -0.2) is 20.9 Å². The van der Waals surface area contributed by atoms with Crippen LogP contribution in [0.15, 0.2) is 83.8 Å². The lowest BCUT2D eigenvalue weighted by Gasteiger charge is -2.24. The van der Waals surface area contributed by atoms with Gasteiger partial charge >= 0.3 is 0 Å². The highest BCUT2D eigenvalue weighted by Crippen LogP contribution is 2.24. The Hall–Kier alpha value is -3.12. The zero-order valence-corrected chi connectivity index (χ0v) is 18.0. The molecule has 0 aliphatic rings. The summed E-state index contributed by atoms with van der Waals surface area (Å²) in [6, 6.07) is 23.2. The summed E-state index contributed by atoms with van der Waals surface area (Å²) in [7, 11) is -3.89. The van der Waals surface area contributed by atoms with E-state index in [1.54, 1.807) is 30.3 Å². The number of sulfonamides is 1. The van der Waals surface area contributed by atoms with E-state index in [0.29, 0.717) is 12.2 Å². The lowest BCUT2D eigenvalue weighted by Crippen LogP contribution is -2.40. The molecule has 3 aromatic carbocycles. The standard InChI is InChI=1S/C24H26N2O3S/c1-3-20-13-15-22(16-14-20)26(30(28,29)23-11-5-4-6-12-23)18-24(27)25-17-21-10-8-7-9-19(21)2/h4-16H,3,17-18H2,1-2H3,(H,25,27). The first-order valence-corrected chi connectivity index (χ1v) is 11.3. The minimum absolute atomic E-state index is 0.149. The highest BCUT2D eigenvalue weighted by atomic mass is 32.2. The summed E-state index contributed by atoms with van der Waals surface area (Å²) in [5, 5.41) is 2.84. The third-order valence-electron chi connectivity index (χ3n) is 4.99. The van der Waals surface area contributed by atoms with Crippen molar-refractivity contribution in [3.8, 4) is 0 Å². The van der Waals surface area contributed by atoms with E-state index in [1.807, 2.05) is 50.2 Å². The number of hydrogen-bond acceptors (Lipinski definition) is 3. The summed E-state index contributed by atoms with van der Waals surface area (Å²) in [4.78, 5) is 12.8. The first-order chi connectivity index (χ1) is 14.4. The number of nitrogens with one attached hydrogen (secondary N) is 1. The molecule has 0 bridgehead atoms. The smallest absolute Gasteiger partial charge is 0.264 e. The first kappa shape index (κ1) is 21.6. The zero-order chi connectivity index (χ0) is 21.6. The van der Waals surface area contributed by atoms with Gasteiger partial charge in [-0.1, -0.05) is 61.5 Å². The molecule has 0 aliphatic heterocycles. The van der Waals surface area contributed by atoms with E-state index in [-0.39, 0.29) is 17.3 Å². The fraction of sp³-hybridized carbons (Fsp3) is 0.208. The number of carbonyl (C=O) groups excluding carboxylic acids is 1.